The number of hydrogen-bond acceptors (Lipinski definition) is 2. The molecule has 0 radical (unpaired) electrons. The van der Waals surface area contributed by atoms with Gasteiger partial charge in [-0.2, -0.15) is 0 Å². The molecule has 0 bridgehead atoms. The fourth-order valence-corrected chi connectivity index (χ4v) is 1.25. The van der Waals surface area contributed by atoms with E-state index >= 15 is 0 Å². The maximum Gasteiger partial charge on any atom is 0.250 e. The Hall–Kier alpha value is -0.610. The third kappa shape index (κ3) is 2.46. The molecular weight excluding hydrogens is 222 g/mol. The van der Waals surface area contributed by atoms with E-state index in [9.17, 15) is 4.79 Å². The second kappa shape index (κ2) is 4.42. The number of aromatic nitrogens is 1. The quantitative estimate of drug-likeness (QED) is 0.785. The molecule has 0 spiro atoms. The highest BCUT2D eigenvalue weighted by atomic mass is 79.9. The molecule has 1 heterocycles. The van der Waals surface area contributed by atoms with Crippen LogP contribution in [0.15, 0.2) is 27.6 Å². The Morgan fingerprint density at radius 2 is 2.33 bits per heavy atom. The van der Waals surface area contributed by atoms with Gasteiger partial charge < -0.3 is 9.30 Å². The summed E-state index contributed by atoms with van der Waals surface area (Å²) in [6, 6.07) is 3.26. The molecule has 0 aromatic carbocycles. The second-order valence-electron chi connectivity index (χ2n) is 2.37. The van der Waals surface area contributed by atoms with Gasteiger partial charge in [0.1, 0.15) is 0 Å². The van der Waals surface area contributed by atoms with Gasteiger partial charge in [-0.15, -0.1) is 0 Å². The monoisotopic (exact) mass is 231 g/mol. The fourth-order valence-electron chi connectivity index (χ4n) is 0.867. The number of ether oxygens (including phenoxy) is 1. The van der Waals surface area contributed by atoms with Crippen LogP contribution >= 0.6 is 15.9 Å². The van der Waals surface area contributed by atoms with E-state index in [0.717, 1.165) is 4.47 Å². The normalized spacial score (nSPS) is 10.2. The fraction of sp³-hybridized carbons (Fsp3) is 0.375. The summed E-state index contributed by atoms with van der Waals surface area (Å²) in [5.74, 6) is 0. The van der Waals surface area contributed by atoms with Crippen molar-refractivity contribution in [3.05, 3.63) is 33.2 Å². The lowest BCUT2D eigenvalue weighted by molar-refractivity contribution is 0.186. The summed E-state index contributed by atoms with van der Waals surface area (Å²) in [7, 11) is 1.61. The zero-order valence-corrected chi connectivity index (χ0v) is 8.37. The Labute approximate surface area is 79.1 Å². The second-order valence-corrected chi connectivity index (χ2v) is 3.29. The number of hydrogen-bond donors (Lipinski definition) is 0. The van der Waals surface area contributed by atoms with E-state index in [4.69, 9.17) is 4.74 Å². The van der Waals surface area contributed by atoms with Crippen LogP contribution in [0.3, 0.4) is 0 Å². The minimum atomic E-state index is -0.00440. The Morgan fingerprint density at radius 1 is 1.58 bits per heavy atom. The number of pyridine rings is 1. The first kappa shape index (κ1) is 9.48. The van der Waals surface area contributed by atoms with Crippen molar-refractivity contribution in [1.82, 2.24) is 4.57 Å². The molecule has 0 N–H and O–H groups in total. The van der Waals surface area contributed by atoms with Crippen molar-refractivity contribution in [3.8, 4) is 0 Å². The largest absolute Gasteiger partial charge is 0.383 e. The molecule has 0 aliphatic rings. The summed E-state index contributed by atoms with van der Waals surface area (Å²) in [5, 5.41) is 0. The van der Waals surface area contributed by atoms with Gasteiger partial charge in [-0.3, -0.25) is 4.79 Å². The highest BCUT2D eigenvalue weighted by Gasteiger charge is 1.95. The van der Waals surface area contributed by atoms with Crippen molar-refractivity contribution in [2.45, 2.75) is 6.54 Å². The molecule has 66 valence electrons. The highest BCUT2D eigenvalue weighted by molar-refractivity contribution is 9.10. The van der Waals surface area contributed by atoms with Crippen molar-refractivity contribution >= 4 is 15.9 Å². The van der Waals surface area contributed by atoms with Crippen molar-refractivity contribution in [2.24, 2.45) is 0 Å². The molecule has 4 heteroatoms. The molecule has 0 unspecified atom stereocenters. The van der Waals surface area contributed by atoms with E-state index in [0.29, 0.717) is 13.2 Å². The molecule has 3 nitrogen and oxygen atoms in total. The molecule has 1 aromatic heterocycles. The summed E-state index contributed by atoms with van der Waals surface area (Å²) >= 11 is 3.29. The van der Waals surface area contributed by atoms with Gasteiger partial charge in [0.25, 0.3) is 5.56 Å². The first-order valence-corrected chi connectivity index (χ1v) is 4.38. The maximum atomic E-state index is 11.2. The third-order valence-electron chi connectivity index (χ3n) is 1.48. The Kier molecular flexibility index (Phi) is 3.49. The lowest BCUT2D eigenvalue weighted by atomic mass is 10.4. The molecule has 1 rings (SSSR count). The molecule has 1 aromatic rings. The number of halogens is 1. The van der Waals surface area contributed by atoms with E-state index in [1.54, 1.807) is 23.9 Å². The average molecular weight is 232 g/mol. The third-order valence-corrected chi connectivity index (χ3v) is 1.95. The van der Waals surface area contributed by atoms with Crippen LogP contribution in [0.4, 0.5) is 0 Å². The first-order valence-electron chi connectivity index (χ1n) is 3.59. The van der Waals surface area contributed by atoms with Crippen molar-refractivity contribution in [1.29, 1.82) is 0 Å². The van der Waals surface area contributed by atoms with E-state index in [-0.39, 0.29) is 5.56 Å². The van der Waals surface area contributed by atoms with Crippen LogP contribution in [0.2, 0.25) is 0 Å². The predicted molar refractivity (Wildman–Crippen MR) is 50.3 cm³/mol. The van der Waals surface area contributed by atoms with E-state index < -0.39 is 0 Å². The van der Waals surface area contributed by atoms with Gasteiger partial charge in [-0.05, 0) is 22.0 Å². The number of methoxy groups -OCH3 is 1. The Morgan fingerprint density at radius 3 is 3.00 bits per heavy atom. The Bertz CT molecular complexity index is 308. The van der Waals surface area contributed by atoms with Crippen molar-refractivity contribution < 1.29 is 4.74 Å². The van der Waals surface area contributed by atoms with E-state index in [1.165, 1.54) is 6.07 Å². The molecule has 0 fully saturated rings. The van der Waals surface area contributed by atoms with Gasteiger partial charge in [-0.25, -0.2) is 0 Å². The van der Waals surface area contributed by atoms with Crippen LogP contribution in [-0.2, 0) is 11.3 Å². The molecule has 0 aliphatic carbocycles. The molecule has 0 saturated heterocycles. The average Bonchev–Trinajstić information content (AvgIpc) is 2.07. The molecule has 0 atom stereocenters. The lowest BCUT2D eigenvalue weighted by Crippen LogP contribution is -2.20. The SMILES string of the molecule is COCCn1cc(Br)ccc1=O. The summed E-state index contributed by atoms with van der Waals surface area (Å²) in [6.07, 6.45) is 1.75. The van der Waals surface area contributed by atoms with Gasteiger partial charge in [-0.1, -0.05) is 0 Å². The minimum absolute atomic E-state index is 0.00440. The van der Waals surface area contributed by atoms with Crippen LogP contribution in [0.1, 0.15) is 0 Å². The van der Waals surface area contributed by atoms with Gasteiger partial charge in [0.2, 0.25) is 0 Å². The van der Waals surface area contributed by atoms with Crippen LogP contribution < -0.4 is 5.56 Å². The molecule has 0 aliphatic heterocycles. The Balaban J connectivity index is 2.83. The summed E-state index contributed by atoms with van der Waals surface area (Å²) in [6.45, 7) is 1.14. The topological polar surface area (TPSA) is 31.2 Å². The van der Waals surface area contributed by atoms with Gasteiger partial charge in [0, 0.05) is 30.4 Å². The van der Waals surface area contributed by atoms with Crippen LogP contribution in [-0.4, -0.2) is 18.3 Å². The van der Waals surface area contributed by atoms with Crippen LogP contribution in [0.5, 0.6) is 0 Å². The maximum absolute atomic E-state index is 11.2. The summed E-state index contributed by atoms with van der Waals surface area (Å²) in [4.78, 5) is 11.2. The van der Waals surface area contributed by atoms with Crippen LogP contribution in [0, 0.1) is 0 Å². The first-order chi connectivity index (χ1) is 5.74. The highest BCUT2D eigenvalue weighted by Crippen LogP contribution is 2.04. The van der Waals surface area contributed by atoms with Gasteiger partial charge >= 0.3 is 0 Å². The summed E-state index contributed by atoms with van der Waals surface area (Å²) in [5.41, 5.74) is -0.00440. The van der Waals surface area contributed by atoms with E-state index in [2.05, 4.69) is 15.9 Å². The zero-order chi connectivity index (χ0) is 8.97. The van der Waals surface area contributed by atoms with E-state index in [1.807, 2.05) is 0 Å². The number of nitrogens with zero attached hydrogens (tertiary/aromatic N) is 1. The van der Waals surface area contributed by atoms with Gasteiger partial charge in [0.05, 0.1) is 6.61 Å². The molecule has 0 amide bonds. The molecular formula is C8H10BrNO2. The number of rotatable bonds is 3. The predicted octanol–water partition coefficient (Wildman–Crippen LogP) is 1.26. The van der Waals surface area contributed by atoms with Crippen LogP contribution in [0.25, 0.3) is 0 Å². The summed E-state index contributed by atoms with van der Waals surface area (Å²) < 4.78 is 7.37. The van der Waals surface area contributed by atoms with Crippen molar-refractivity contribution in [3.63, 3.8) is 0 Å². The van der Waals surface area contributed by atoms with Gasteiger partial charge in [0.15, 0.2) is 0 Å². The van der Waals surface area contributed by atoms with Crippen molar-refractivity contribution in [2.75, 3.05) is 13.7 Å². The lowest BCUT2D eigenvalue weighted by Gasteiger charge is -2.03. The zero-order valence-electron chi connectivity index (χ0n) is 6.79. The standard InChI is InChI=1S/C8H10BrNO2/c1-12-5-4-10-6-7(9)2-3-8(10)11/h2-3,6H,4-5H2,1H3. The molecule has 0 saturated carbocycles. The smallest absolute Gasteiger partial charge is 0.250 e. The molecule has 12 heavy (non-hydrogen) atoms. The minimum Gasteiger partial charge on any atom is -0.383 e.